The molecule has 0 spiro atoms. The van der Waals surface area contributed by atoms with Crippen molar-refractivity contribution < 1.29 is 9.72 Å². The first-order valence-corrected chi connectivity index (χ1v) is 9.92. The van der Waals surface area contributed by atoms with Crippen molar-refractivity contribution >= 4 is 39.8 Å². The number of anilines is 1. The Morgan fingerprint density at radius 2 is 2.12 bits per heavy atom. The second-order valence-corrected chi connectivity index (χ2v) is 8.11. The Bertz CT molecular complexity index is 759. The molecule has 1 aromatic heterocycles. The Morgan fingerprint density at radius 3 is 2.88 bits per heavy atom. The van der Waals surface area contributed by atoms with Gasteiger partial charge in [0.25, 0.3) is 5.69 Å². The molecule has 1 fully saturated rings. The third-order valence-electron chi connectivity index (χ3n) is 4.10. The lowest BCUT2D eigenvalue weighted by molar-refractivity contribution is -0.384. The molecule has 25 heavy (non-hydrogen) atoms. The Kier molecular flexibility index (Phi) is 5.98. The fourth-order valence-corrected chi connectivity index (χ4v) is 4.49. The van der Waals surface area contributed by atoms with Crippen LogP contribution in [0, 0.1) is 16.0 Å². The quantitative estimate of drug-likeness (QED) is 0.349. The highest BCUT2D eigenvalue weighted by Crippen LogP contribution is 2.30. The molecule has 0 bridgehead atoms. The first-order chi connectivity index (χ1) is 12.1. The molecule has 1 amide bonds. The molecule has 1 aliphatic carbocycles. The first kappa shape index (κ1) is 17.8. The van der Waals surface area contributed by atoms with Crippen molar-refractivity contribution in [2.24, 2.45) is 5.92 Å². The Labute approximate surface area is 153 Å². The lowest BCUT2D eigenvalue weighted by atomic mass is 9.89. The average molecular weight is 378 g/mol. The van der Waals surface area contributed by atoms with Gasteiger partial charge >= 0.3 is 0 Å². The highest BCUT2D eigenvalue weighted by atomic mass is 32.2. The number of aromatic nitrogens is 2. The molecule has 0 saturated heterocycles. The zero-order valence-corrected chi connectivity index (χ0v) is 15.1. The van der Waals surface area contributed by atoms with E-state index >= 15 is 0 Å². The van der Waals surface area contributed by atoms with Crippen molar-refractivity contribution in [2.45, 2.75) is 42.2 Å². The third kappa shape index (κ3) is 4.99. The van der Waals surface area contributed by atoms with Gasteiger partial charge < -0.3 is 5.32 Å². The lowest BCUT2D eigenvalue weighted by Gasteiger charge is -2.19. The van der Waals surface area contributed by atoms with Gasteiger partial charge in [0.05, 0.1) is 4.92 Å². The number of hydrogen-bond donors (Lipinski definition) is 1. The molecule has 3 rings (SSSR count). The summed E-state index contributed by atoms with van der Waals surface area (Å²) in [6.45, 7) is 0. The van der Waals surface area contributed by atoms with Crippen LogP contribution in [0.2, 0.25) is 0 Å². The molecule has 1 N–H and O–H groups in total. The number of nitro groups is 1. The Balaban J connectivity index is 1.54. The molecule has 7 nitrogen and oxygen atoms in total. The molecule has 2 aromatic rings. The number of carbonyl (C=O) groups is 1. The molecule has 132 valence electrons. The predicted octanol–water partition coefficient (Wildman–Crippen LogP) is 4.26. The van der Waals surface area contributed by atoms with Crippen LogP contribution in [0.4, 0.5) is 10.8 Å². The average Bonchev–Trinajstić information content (AvgIpc) is 3.08. The SMILES string of the molecule is O=C(Nc1nnc(SCc2cccc([N+](=O)[O-])c2)s1)C1CCCCC1. The largest absolute Gasteiger partial charge is 0.300 e. The van der Waals surface area contributed by atoms with E-state index < -0.39 is 4.92 Å². The number of benzene rings is 1. The molecule has 1 heterocycles. The maximum Gasteiger partial charge on any atom is 0.269 e. The molecule has 0 radical (unpaired) electrons. The molecule has 1 aliphatic rings. The smallest absolute Gasteiger partial charge is 0.269 e. The van der Waals surface area contributed by atoms with E-state index in [4.69, 9.17) is 0 Å². The fourth-order valence-electron chi connectivity index (χ4n) is 2.80. The van der Waals surface area contributed by atoms with E-state index in [-0.39, 0.29) is 17.5 Å². The van der Waals surface area contributed by atoms with Gasteiger partial charge in [0, 0.05) is 23.8 Å². The minimum atomic E-state index is -0.405. The number of rotatable bonds is 6. The number of carbonyl (C=O) groups excluding carboxylic acids is 1. The minimum Gasteiger partial charge on any atom is -0.300 e. The second-order valence-electron chi connectivity index (χ2n) is 5.91. The molecule has 9 heteroatoms. The van der Waals surface area contributed by atoms with Crippen molar-refractivity contribution in [3.63, 3.8) is 0 Å². The third-order valence-corrected chi connectivity index (χ3v) is 6.14. The van der Waals surface area contributed by atoms with Crippen molar-refractivity contribution in [2.75, 3.05) is 5.32 Å². The minimum absolute atomic E-state index is 0.0334. The maximum absolute atomic E-state index is 12.2. The number of nitrogens with zero attached hydrogens (tertiary/aromatic N) is 3. The maximum atomic E-state index is 12.2. The van der Waals surface area contributed by atoms with Gasteiger partial charge in [-0.2, -0.15) is 0 Å². The van der Waals surface area contributed by atoms with Crippen LogP contribution in [0.5, 0.6) is 0 Å². The van der Waals surface area contributed by atoms with Gasteiger partial charge in [0.1, 0.15) is 0 Å². The number of nitro benzene ring substituents is 1. The van der Waals surface area contributed by atoms with E-state index in [0.29, 0.717) is 10.9 Å². The van der Waals surface area contributed by atoms with E-state index in [9.17, 15) is 14.9 Å². The van der Waals surface area contributed by atoms with Crippen molar-refractivity contribution in [1.82, 2.24) is 10.2 Å². The van der Waals surface area contributed by atoms with Crippen LogP contribution in [0.3, 0.4) is 0 Å². The van der Waals surface area contributed by atoms with E-state index in [2.05, 4.69) is 15.5 Å². The van der Waals surface area contributed by atoms with Crippen molar-refractivity contribution in [3.8, 4) is 0 Å². The summed E-state index contributed by atoms with van der Waals surface area (Å²) in [5.41, 5.74) is 0.929. The van der Waals surface area contributed by atoms with Gasteiger partial charge in [-0.15, -0.1) is 10.2 Å². The van der Waals surface area contributed by atoms with Gasteiger partial charge in [-0.3, -0.25) is 14.9 Å². The summed E-state index contributed by atoms with van der Waals surface area (Å²) in [5.74, 6) is 0.678. The highest BCUT2D eigenvalue weighted by Gasteiger charge is 2.22. The van der Waals surface area contributed by atoms with E-state index in [0.717, 1.165) is 35.6 Å². The first-order valence-electron chi connectivity index (χ1n) is 8.12. The van der Waals surface area contributed by atoms with Crippen LogP contribution < -0.4 is 5.32 Å². The van der Waals surface area contributed by atoms with Crippen LogP contribution in [0.25, 0.3) is 0 Å². The molecule has 0 aliphatic heterocycles. The highest BCUT2D eigenvalue weighted by molar-refractivity contribution is 8.00. The normalized spacial score (nSPS) is 15.0. The summed E-state index contributed by atoms with van der Waals surface area (Å²) in [5, 5.41) is 22.3. The summed E-state index contributed by atoms with van der Waals surface area (Å²) in [7, 11) is 0. The summed E-state index contributed by atoms with van der Waals surface area (Å²) in [6.07, 6.45) is 5.32. The fraction of sp³-hybridized carbons (Fsp3) is 0.438. The Morgan fingerprint density at radius 1 is 1.32 bits per heavy atom. The molecule has 0 atom stereocenters. The van der Waals surface area contributed by atoms with Crippen molar-refractivity contribution in [1.29, 1.82) is 0 Å². The van der Waals surface area contributed by atoms with Crippen LogP contribution >= 0.6 is 23.1 Å². The zero-order valence-electron chi connectivity index (χ0n) is 13.5. The van der Waals surface area contributed by atoms with Gasteiger partial charge in [0.2, 0.25) is 11.0 Å². The number of amides is 1. The number of nitrogens with one attached hydrogen (secondary N) is 1. The summed E-state index contributed by atoms with van der Waals surface area (Å²) in [6, 6.07) is 6.54. The number of hydrogen-bond acceptors (Lipinski definition) is 7. The van der Waals surface area contributed by atoms with E-state index in [1.165, 1.54) is 35.6 Å². The van der Waals surface area contributed by atoms with Gasteiger partial charge in [-0.1, -0.05) is 54.5 Å². The summed E-state index contributed by atoms with van der Waals surface area (Å²) < 4.78 is 0.727. The standard InChI is InChI=1S/C16H18N4O3S2/c21-14(12-6-2-1-3-7-12)17-15-18-19-16(25-15)24-10-11-5-4-8-13(9-11)20(22)23/h4-5,8-9,12H,1-3,6-7,10H2,(H,17,18,21). The molecular weight excluding hydrogens is 360 g/mol. The molecule has 1 aromatic carbocycles. The molecular formula is C16H18N4O3S2. The Hall–Kier alpha value is -2.00. The van der Waals surface area contributed by atoms with Crippen LogP contribution in [0.1, 0.15) is 37.7 Å². The van der Waals surface area contributed by atoms with Gasteiger partial charge in [0.15, 0.2) is 4.34 Å². The van der Waals surface area contributed by atoms with E-state index in [1.807, 2.05) is 6.07 Å². The van der Waals surface area contributed by atoms with Crippen LogP contribution in [-0.2, 0) is 10.5 Å². The van der Waals surface area contributed by atoms with Gasteiger partial charge in [-0.25, -0.2) is 0 Å². The molecule has 1 saturated carbocycles. The van der Waals surface area contributed by atoms with E-state index in [1.54, 1.807) is 12.1 Å². The number of thioether (sulfide) groups is 1. The second kappa shape index (κ2) is 8.39. The predicted molar refractivity (Wildman–Crippen MR) is 97.8 cm³/mol. The number of non-ortho nitro benzene ring substituents is 1. The lowest BCUT2D eigenvalue weighted by Crippen LogP contribution is -2.24. The summed E-state index contributed by atoms with van der Waals surface area (Å²) >= 11 is 2.78. The zero-order chi connectivity index (χ0) is 17.6. The van der Waals surface area contributed by atoms with Crippen LogP contribution in [0.15, 0.2) is 28.6 Å². The van der Waals surface area contributed by atoms with Gasteiger partial charge in [-0.05, 0) is 18.4 Å². The monoisotopic (exact) mass is 378 g/mol. The van der Waals surface area contributed by atoms with Crippen LogP contribution in [-0.4, -0.2) is 21.0 Å². The topological polar surface area (TPSA) is 98.0 Å². The van der Waals surface area contributed by atoms with Crippen molar-refractivity contribution in [3.05, 3.63) is 39.9 Å². The summed E-state index contributed by atoms with van der Waals surface area (Å²) in [4.78, 5) is 22.6. The molecule has 0 unspecified atom stereocenters.